The maximum Gasteiger partial charge on any atom is 0.229 e. The van der Waals surface area contributed by atoms with Gasteiger partial charge in [0, 0.05) is 21.8 Å². The third-order valence-corrected chi connectivity index (χ3v) is 4.49. The third kappa shape index (κ3) is 5.32. The quantitative estimate of drug-likeness (QED) is 0.472. The average Bonchev–Trinajstić information content (AvgIpc) is 3.08. The van der Waals surface area contributed by atoms with Gasteiger partial charge in [-0.3, -0.25) is 9.52 Å². The fourth-order valence-electron chi connectivity index (χ4n) is 2.38. The second-order valence-corrected chi connectivity index (χ2v) is 8.04. The van der Waals surface area contributed by atoms with Crippen LogP contribution in [-0.2, 0) is 10.0 Å². The number of anilines is 1. The van der Waals surface area contributed by atoms with Crippen molar-refractivity contribution in [3.8, 4) is 11.3 Å². The first kappa shape index (κ1) is 18.9. The van der Waals surface area contributed by atoms with Crippen molar-refractivity contribution in [1.82, 2.24) is 0 Å². The second-order valence-electron chi connectivity index (χ2n) is 5.86. The standard InChI is InChI=1S/C20H16ClNO4S/c1-27(24,25)22-17-8-4-14(5-9-17)19(23)12-10-18-11-13-20(26-18)15-2-6-16(21)7-3-15/h2-13,22H,1H3/b12-10+. The van der Waals surface area contributed by atoms with E-state index in [0.717, 1.165) is 11.8 Å². The summed E-state index contributed by atoms with van der Waals surface area (Å²) in [5, 5.41) is 0.647. The Morgan fingerprint density at radius 1 is 1.00 bits per heavy atom. The summed E-state index contributed by atoms with van der Waals surface area (Å²) in [5.74, 6) is 1.00. The first-order valence-corrected chi connectivity index (χ1v) is 10.2. The molecule has 0 aliphatic rings. The van der Waals surface area contributed by atoms with Gasteiger partial charge in [-0.25, -0.2) is 8.42 Å². The monoisotopic (exact) mass is 401 g/mol. The minimum atomic E-state index is -3.35. The molecule has 0 radical (unpaired) electrons. The van der Waals surface area contributed by atoms with Crippen molar-refractivity contribution in [2.24, 2.45) is 0 Å². The molecule has 0 saturated heterocycles. The number of furan rings is 1. The van der Waals surface area contributed by atoms with Crippen LogP contribution in [-0.4, -0.2) is 20.5 Å². The zero-order valence-corrected chi connectivity index (χ0v) is 15.9. The highest BCUT2D eigenvalue weighted by molar-refractivity contribution is 7.92. The van der Waals surface area contributed by atoms with Gasteiger partial charge in [0.15, 0.2) is 5.78 Å². The molecular weight excluding hydrogens is 386 g/mol. The Labute approximate surface area is 162 Å². The number of rotatable bonds is 6. The van der Waals surface area contributed by atoms with Crippen molar-refractivity contribution in [2.45, 2.75) is 0 Å². The fraction of sp³-hybridized carbons (Fsp3) is 0.0500. The summed E-state index contributed by atoms with van der Waals surface area (Å²) >= 11 is 5.88. The number of halogens is 1. The Morgan fingerprint density at radius 2 is 1.67 bits per heavy atom. The number of carbonyl (C=O) groups excluding carboxylic acids is 1. The summed E-state index contributed by atoms with van der Waals surface area (Å²) < 4.78 is 30.4. The molecular formula is C20H16ClNO4S. The molecule has 1 heterocycles. The average molecular weight is 402 g/mol. The van der Waals surface area contributed by atoms with E-state index in [9.17, 15) is 13.2 Å². The summed E-state index contributed by atoms with van der Waals surface area (Å²) in [6, 6.07) is 17.0. The van der Waals surface area contributed by atoms with Crippen LogP contribution in [0.2, 0.25) is 5.02 Å². The molecule has 0 aliphatic heterocycles. The minimum absolute atomic E-state index is 0.217. The summed E-state index contributed by atoms with van der Waals surface area (Å²) in [4.78, 5) is 12.2. The lowest BCUT2D eigenvalue weighted by molar-refractivity contribution is 0.104. The van der Waals surface area contributed by atoms with Gasteiger partial charge >= 0.3 is 0 Å². The lowest BCUT2D eigenvalue weighted by Gasteiger charge is -2.03. The molecule has 5 nitrogen and oxygen atoms in total. The number of hydrogen-bond donors (Lipinski definition) is 1. The Bertz CT molecular complexity index is 1080. The van der Waals surface area contributed by atoms with Gasteiger partial charge in [-0.1, -0.05) is 11.6 Å². The minimum Gasteiger partial charge on any atom is -0.457 e. The number of allylic oxidation sites excluding steroid dienone is 1. The van der Waals surface area contributed by atoms with Crippen molar-refractivity contribution in [3.05, 3.63) is 83.1 Å². The first-order valence-electron chi connectivity index (χ1n) is 7.96. The third-order valence-electron chi connectivity index (χ3n) is 3.63. The van der Waals surface area contributed by atoms with E-state index in [1.165, 1.54) is 18.2 Å². The molecule has 27 heavy (non-hydrogen) atoms. The van der Waals surface area contributed by atoms with Gasteiger partial charge in [-0.15, -0.1) is 0 Å². The zero-order chi connectivity index (χ0) is 19.4. The molecule has 0 atom stereocenters. The molecule has 3 aromatic rings. The number of benzene rings is 2. The number of sulfonamides is 1. The molecule has 3 rings (SSSR count). The lowest BCUT2D eigenvalue weighted by Crippen LogP contribution is -2.09. The highest BCUT2D eigenvalue weighted by atomic mass is 35.5. The molecule has 0 bridgehead atoms. The van der Waals surface area contributed by atoms with Gasteiger partial charge in [0.05, 0.1) is 6.26 Å². The van der Waals surface area contributed by atoms with Gasteiger partial charge < -0.3 is 4.42 Å². The van der Waals surface area contributed by atoms with Gasteiger partial charge in [0.1, 0.15) is 11.5 Å². The highest BCUT2D eigenvalue weighted by Gasteiger charge is 2.06. The number of nitrogens with one attached hydrogen (secondary N) is 1. The summed E-state index contributed by atoms with van der Waals surface area (Å²) in [5.41, 5.74) is 1.73. The van der Waals surface area contributed by atoms with Crippen molar-refractivity contribution >= 4 is 39.2 Å². The molecule has 0 amide bonds. The molecule has 0 fully saturated rings. The fourth-order valence-corrected chi connectivity index (χ4v) is 3.07. The Kier molecular flexibility index (Phi) is 5.48. The van der Waals surface area contributed by atoms with Crippen LogP contribution in [0.5, 0.6) is 0 Å². The molecule has 7 heteroatoms. The van der Waals surface area contributed by atoms with E-state index in [0.29, 0.717) is 27.8 Å². The number of hydrogen-bond acceptors (Lipinski definition) is 4. The SMILES string of the molecule is CS(=O)(=O)Nc1ccc(C(=O)/C=C/c2ccc(-c3ccc(Cl)cc3)o2)cc1. The molecule has 1 aromatic heterocycles. The Morgan fingerprint density at radius 3 is 2.30 bits per heavy atom. The van der Waals surface area contributed by atoms with E-state index in [-0.39, 0.29) is 5.78 Å². The van der Waals surface area contributed by atoms with Gasteiger partial charge in [0.2, 0.25) is 10.0 Å². The van der Waals surface area contributed by atoms with E-state index >= 15 is 0 Å². The van der Waals surface area contributed by atoms with E-state index in [1.807, 2.05) is 18.2 Å². The highest BCUT2D eigenvalue weighted by Crippen LogP contribution is 2.24. The Hall–Kier alpha value is -2.83. The molecule has 138 valence electrons. The number of ketones is 1. The molecule has 2 aromatic carbocycles. The molecule has 0 aliphatic carbocycles. The van der Waals surface area contributed by atoms with Crippen LogP contribution in [0.4, 0.5) is 5.69 Å². The van der Waals surface area contributed by atoms with Crippen LogP contribution in [0, 0.1) is 0 Å². The largest absolute Gasteiger partial charge is 0.457 e. The van der Waals surface area contributed by atoms with Crippen LogP contribution in [0.3, 0.4) is 0 Å². The topological polar surface area (TPSA) is 76.4 Å². The summed E-state index contributed by atoms with van der Waals surface area (Å²) in [6.07, 6.45) is 4.06. The van der Waals surface area contributed by atoms with Crippen LogP contribution < -0.4 is 4.72 Å². The van der Waals surface area contributed by atoms with Crippen molar-refractivity contribution in [1.29, 1.82) is 0 Å². The van der Waals surface area contributed by atoms with Crippen LogP contribution in [0.1, 0.15) is 16.1 Å². The summed E-state index contributed by atoms with van der Waals surface area (Å²) in [7, 11) is -3.35. The van der Waals surface area contributed by atoms with Crippen molar-refractivity contribution in [2.75, 3.05) is 11.0 Å². The predicted molar refractivity (Wildman–Crippen MR) is 107 cm³/mol. The van der Waals surface area contributed by atoms with Crippen molar-refractivity contribution < 1.29 is 17.6 Å². The molecule has 0 saturated carbocycles. The van der Waals surface area contributed by atoms with Gasteiger partial charge in [0.25, 0.3) is 0 Å². The van der Waals surface area contributed by atoms with E-state index < -0.39 is 10.0 Å². The van der Waals surface area contributed by atoms with E-state index in [2.05, 4.69) is 4.72 Å². The molecule has 0 spiro atoms. The van der Waals surface area contributed by atoms with Crippen LogP contribution >= 0.6 is 11.6 Å². The lowest BCUT2D eigenvalue weighted by atomic mass is 10.1. The molecule has 0 unspecified atom stereocenters. The maximum atomic E-state index is 12.2. The van der Waals surface area contributed by atoms with Crippen molar-refractivity contribution in [3.63, 3.8) is 0 Å². The normalized spacial score (nSPS) is 11.6. The van der Waals surface area contributed by atoms with E-state index in [1.54, 1.807) is 36.4 Å². The number of carbonyl (C=O) groups is 1. The summed E-state index contributed by atoms with van der Waals surface area (Å²) in [6.45, 7) is 0. The zero-order valence-electron chi connectivity index (χ0n) is 14.3. The smallest absolute Gasteiger partial charge is 0.229 e. The maximum absolute atomic E-state index is 12.2. The Balaban J connectivity index is 1.69. The van der Waals surface area contributed by atoms with Gasteiger partial charge in [-0.05, 0) is 72.8 Å². The first-order chi connectivity index (χ1) is 12.8. The second kappa shape index (κ2) is 7.82. The predicted octanol–water partition coefficient (Wildman–Crippen LogP) is 4.87. The van der Waals surface area contributed by atoms with Crippen LogP contribution in [0.25, 0.3) is 17.4 Å². The van der Waals surface area contributed by atoms with E-state index in [4.69, 9.17) is 16.0 Å². The van der Waals surface area contributed by atoms with Gasteiger partial charge in [-0.2, -0.15) is 0 Å². The van der Waals surface area contributed by atoms with Crippen LogP contribution in [0.15, 0.2) is 71.2 Å². The molecule has 1 N–H and O–H groups in total.